The molecule has 0 aliphatic carbocycles. The van der Waals surface area contributed by atoms with Crippen LogP contribution >= 0.6 is 11.3 Å². The number of nitrogen functional groups attached to an aromatic ring is 1. The van der Waals surface area contributed by atoms with Crippen LogP contribution in [0.1, 0.15) is 16.9 Å². The molecule has 0 bridgehead atoms. The molecule has 1 fully saturated rings. The average molecular weight is 501 g/mol. The number of hydrogen-bond acceptors (Lipinski definition) is 7. The molecule has 0 spiro atoms. The Hall–Kier alpha value is -3.26. The van der Waals surface area contributed by atoms with Crippen LogP contribution in [0.4, 0.5) is 38.5 Å². The van der Waals surface area contributed by atoms with E-state index < -0.39 is 35.8 Å². The van der Waals surface area contributed by atoms with Crippen LogP contribution in [0.15, 0.2) is 24.4 Å². The van der Waals surface area contributed by atoms with E-state index in [1.807, 2.05) is 0 Å². The number of carbonyl (C=O) groups is 1. The third-order valence-electron chi connectivity index (χ3n) is 5.07. The summed E-state index contributed by atoms with van der Waals surface area (Å²) in [6, 6.07) is 3.29. The van der Waals surface area contributed by atoms with Crippen molar-refractivity contribution >= 4 is 33.8 Å². The predicted molar refractivity (Wildman–Crippen MR) is 118 cm³/mol. The highest BCUT2D eigenvalue weighted by molar-refractivity contribution is 7.19. The number of amides is 1. The lowest BCUT2D eigenvalue weighted by Gasteiger charge is -2.25. The van der Waals surface area contributed by atoms with Gasteiger partial charge in [-0.1, -0.05) is 17.4 Å². The van der Waals surface area contributed by atoms with E-state index >= 15 is 0 Å². The molecule has 1 aromatic carbocycles. The quantitative estimate of drug-likeness (QED) is 0.463. The summed E-state index contributed by atoms with van der Waals surface area (Å²) in [6.07, 6.45) is -2.72. The van der Waals surface area contributed by atoms with Gasteiger partial charge in [0, 0.05) is 19.6 Å². The van der Waals surface area contributed by atoms with Gasteiger partial charge in [0.2, 0.25) is 0 Å². The molecule has 4 N–H and O–H groups in total. The Morgan fingerprint density at radius 3 is 2.65 bits per heavy atom. The normalized spacial score (nSPS) is 14.8. The van der Waals surface area contributed by atoms with Crippen LogP contribution in [-0.2, 0) is 6.54 Å². The van der Waals surface area contributed by atoms with Crippen LogP contribution in [0.25, 0.3) is 10.6 Å². The minimum Gasteiger partial charge on any atom is -0.389 e. The van der Waals surface area contributed by atoms with Crippen molar-refractivity contribution in [2.75, 3.05) is 42.1 Å². The Labute approximate surface area is 194 Å². The Morgan fingerprint density at radius 1 is 1.21 bits per heavy atom. The van der Waals surface area contributed by atoms with Crippen molar-refractivity contribution in [1.82, 2.24) is 20.1 Å². The molecule has 8 nitrogen and oxygen atoms in total. The number of nitrogens with two attached hydrogens (primary N) is 1. The average Bonchev–Trinajstić information content (AvgIpc) is 3.19. The standard InChI is InChI=1S/C20H20F5N7OS/c21-11-3-1-4-12(22)14(11)18-30-15(16(26)34-18)17(33)29-13-9-28-32(10-20(23,24)25)19(13)31-7-2-5-27-6-8-31/h1,3-4,9,27H,2,5-8,10,26H2,(H,29,33). The molecule has 182 valence electrons. The number of rotatable bonds is 5. The van der Waals surface area contributed by atoms with Crippen LogP contribution in [0.5, 0.6) is 0 Å². The van der Waals surface area contributed by atoms with Crippen LogP contribution in [-0.4, -0.2) is 53.0 Å². The Bertz CT molecular complexity index is 1160. The van der Waals surface area contributed by atoms with Crippen molar-refractivity contribution in [1.29, 1.82) is 0 Å². The molecule has 14 heteroatoms. The number of carbonyl (C=O) groups excluding carboxylic acids is 1. The van der Waals surface area contributed by atoms with Gasteiger partial charge in [0.15, 0.2) is 11.5 Å². The maximum Gasteiger partial charge on any atom is 0.408 e. The number of thiazole rings is 1. The first-order valence-electron chi connectivity index (χ1n) is 10.2. The number of halogens is 5. The Kier molecular flexibility index (Phi) is 6.70. The van der Waals surface area contributed by atoms with Gasteiger partial charge in [-0.2, -0.15) is 18.3 Å². The van der Waals surface area contributed by atoms with Crippen molar-refractivity contribution in [3.05, 3.63) is 41.7 Å². The highest BCUT2D eigenvalue weighted by Gasteiger charge is 2.32. The molecular formula is C20H20F5N7OS. The van der Waals surface area contributed by atoms with E-state index in [0.717, 1.165) is 34.3 Å². The van der Waals surface area contributed by atoms with Crippen LogP contribution < -0.4 is 21.3 Å². The summed E-state index contributed by atoms with van der Waals surface area (Å²) in [6.45, 7) is 0.770. The molecule has 1 saturated heterocycles. The van der Waals surface area contributed by atoms with Gasteiger partial charge in [-0.15, -0.1) is 0 Å². The number of hydrogen-bond donors (Lipinski definition) is 3. The van der Waals surface area contributed by atoms with Gasteiger partial charge in [-0.3, -0.25) is 4.79 Å². The minimum atomic E-state index is -4.52. The zero-order valence-corrected chi connectivity index (χ0v) is 18.4. The molecule has 3 heterocycles. The molecule has 0 radical (unpaired) electrons. The second kappa shape index (κ2) is 9.54. The maximum atomic E-state index is 14.1. The Morgan fingerprint density at radius 2 is 1.94 bits per heavy atom. The number of alkyl halides is 3. The van der Waals surface area contributed by atoms with Gasteiger partial charge in [-0.05, 0) is 25.1 Å². The molecular weight excluding hydrogens is 481 g/mol. The second-order valence-corrected chi connectivity index (χ2v) is 8.56. The third-order valence-corrected chi connectivity index (χ3v) is 5.98. The molecule has 1 aliphatic heterocycles. The summed E-state index contributed by atoms with van der Waals surface area (Å²) in [7, 11) is 0. The van der Waals surface area contributed by atoms with Crippen molar-refractivity contribution in [2.45, 2.75) is 19.1 Å². The number of anilines is 3. The number of nitrogens with zero attached hydrogens (tertiary/aromatic N) is 4. The molecule has 1 amide bonds. The smallest absolute Gasteiger partial charge is 0.389 e. The van der Waals surface area contributed by atoms with Crippen LogP contribution in [0, 0.1) is 11.6 Å². The molecule has 4 rings (SSSR count). The van der Waals surface area contributed by atoms with E-state index in [1.165, 1.54) is 6.07 Å². The summed E-state index contributed by atoms with van der Waals surface area (Å²) in [5.41, 5.74) is 5.21. The van der Waals surface area contributed by atoms with E-state index in [9.17, 15) is 26.7 Å². The molecule has 0 atom stereocenters. The van der Waals surface area contributed by atoms with E-state index in [1.54, 1.807) is 4.90 Å². The van der Waals surface area contributed by atoms with Gasteiger partial charge < -0.3 is 21.3 Å². The highest BCUT2D eigenvalue weighted by Crippen LogP contribution is 2.35. The molecule has 1 aliphatic rings. The van der Waals surface area contributed by atoms with Crippen LogP contribution in [0.2, 0.25) is 0 Å². The zero-order valence-electron chi connectivity index (χ0n) is 17.6. The van der Waals surface area contributed by atoms with E-state index in [-0.39, 0.29) is 27.2 Å². The molecule has 3 aromatic rings. The summed E-state index contributed by atoms with van der Waals surface area (Å²) >= 11 is 0.720. The van der Waals surface area contributed by atoms with Crippen molar-refractivity contribution in [3.63, 3.8) is 0 Å². The fraction of sp³-hybridized carbons (Fsp3) is 0.350. The monoisotopic (exact) mass is 501 g/mol. The largest absolute Gasteiger partial charge is 0.408 e. The molecule has 0 saturated carbocycles. The highest BCUT2D eigenvalue weighted by atomic mass is 32.1. The predicted octanol–water partition coefficient (Wildman–Crippen LogP) is 3.48. The first-order valence-corrected chi connectivity index (χ1v) is 11.1. The topological polar surface area (TPSA) is 101 Å². The second-order valence-electron chi connectivity index (χ2n) is 7.53. The lowest BCUT2D eigenvalue weighted by atomic mass is 10.2. The van der Waals surface area contributed by atoms with Gasteiger partial charge in [0.1, 0.15) is 33.9 Å². The van der Waals surface area contributed by atoms with Gasteiger partial charge >= 0.3 is 6.18 Å². The summed E-state index contributed by atoms with van der Waals surface area (Å²) in [4.78, 5) is 18.6. The molecule has 0 unspecified atom stereocenters. The fourth-order valence-electron chi connectivity index (χ4n) is 3.63. The lowest BCUT2D eigenvalue weighted by molar-refractivity contribution is -0.142. The minimum absolute atomic E-state index is 0.0437. The number of nitrogens with one attached hydrogen (secondary N) is 2. The molecule has 2 aromatic heterocycles. The number of aromatic nitrogens is 3. The van der Waals surface area contributed by atoms with Gasteiger partial charge in [-0.25, -0.2) is 18.4 Å². The van der Waals surface area contributed by atoms with Crippen molar-refractivity contribution in [2.24, 2.45) is 0 Å². The number of benzene rings is 1. The first-order chi connectivity index (χ1) is 16.1. The lowest BCUT2D eigenvalue weighted by Crippen LogP contribution is -2.32. The van der Waals surface area contributed by atoms with Crippen molar-refractivity contribution < 1.29 is 26.7 Å². The maximum absolute atomic E-state index is 14.1. The van der Waals surface area contributed by atoms with Gasteiger partial charge in [0.05, 0.1) is 11.8 Å². The fourth-order valence-corrected chi connectivity index (χ4v) is 4.51. The van der Waals surface area contributed by atoms with E-state index in [0.29, 0.717) is 32.6 Å². The van der Waals surface area contributed by atoms with E-state index in [4.69, 9.17) is 5.73 Å². The summed E-state index contributed by atoms with van der Waals surface area (Å²) in [5.74, 6) is -2.47. The zero-order chi connectivity index (χ0) is 24.5. The SMILES string of the molecule is Nc1sc(-c2c(F)cccc2F)nc1C(=O)Nc1cnn(CC(F)(F)F)c1N1CCCNCC1. The van der Waals surface area contributed by atoms with E-state index in [2.05, 4.69) is 20.7 Å². The van der Waals surface area contributed by atoms with Gasteiger partial charge in [0.25, 0.3) is 5.91 Å². The van der Waals surface area contributed by atoms with Crippen molar-refractivity contribution in [3.8, 4) is 10.6 Å². The third kappa shape index (κ3) is 5.12. The molecule has 34 heavy (non-hydrogen) atoms. The first kappa shape index (κ1) is 23.9. The summed E-state index contributed by atoms with van der Waals surface area (Å²) in [5, 5.41) is 9.26. The Balaban J connectivity index is 1.65. The summed E-state index contributed by atoms with van der Waals surface area (Å²) < 4.78 is 68.4. The van der Waals surface area contributed by atoms with Crippen LogP contribution in [0.3, 0.4) is 0 Å².